The summed E-state index contributed by atoms with van der Waals surface area (Å²) in [5.41, 5.74) is 7.37. The highest BCUT2D eigenvalue weighted by Crippen LogP contribution is 2.29. The molecule has 33 heavy (non-hydrogen) atoms. The van der Waals surface area contributed by atoms with Crippen molar-refractivity contribution in [1.82, 2.24) is 20.0 Å². The molecule has 0 spiro atoms. The van der Waals surface area contributed by atoms with Crippen LogP contribution in [0.2, 0.25) is 0 Å². The summed E-state index contributed by atoms with van der Waals surface area (Å²) >= 11 is 0. The maximum atomic E-state index is 13.3. The molecule has 0 aliphatic carbocycles. The zero-order valence-corrected chi connectivity index (χ0v) is 19.0. The van der Waals surface area contributed by atoms with Crippen LogP contribution >= 0.6 is 0 Å². The van der Waals surface area contributed by atoms with E-state index < -0.39 is 0 Å². The minimum atomic E-state index is -0.251. The number of aryl methyl sites for hydroxylation is 1. The van der Waals surface area contributed by atoms with Crippen molar-refractivity contribution in [2.75, 3.05) is 5.32 Å². The summed E-state index contributed by atoms with van der Waals surface area (Å²) in [6.07, 6.45) is 7.76. The molecule has 0 aliphatic rings. The van der Waals surface area contributed by atoms with E-state index in [1.54, 1.807) is 16.8 Å². The lowest BCUT2D eigenvalue weighted by atomic mass is 9.99. The molecule has 6 heteroatoms. The average molecular weight is 440 g/mol. The summed E-state index contributed by atoms with van der Waals surface area (Å²) in [6, 6.07) is 12.5. The average Bonchev–Trinajstić information content (AvgIpc) is 3.40. The second-order valence-corrected chi connectivity index (χ2v) is 7.97. The smallest absolute Gasteiger partial charge is 0.123 e. The Morgan fingerprint density at radius 3 is 2.64 bits per heavy atom. The molecule has 0 unspecified atom stereocenters. The van der Waals surface area contributed by atoms with Crippen molar-refractivity contribution < 1.29 is 4.39 Å². The molecule has 0 saturated heterocycles. The van der Waals surface area contributed by atoms with Crippen LogP contribution in [-0.4, -0.2) is 20.0 Å². The van der Waals surface area contributed by atoms with E-state index >= 15 is 0 Å². The van der Waals surface area contributed by atoms with Crippen LogP contribution in [0.5, 0.6) is 0 Å². The van der Waals surface area contributed by atoms with Crippen molar-refractivity contribution in [1.29, 1.82) is 0 Å². The van der Waals surface area contributed by atoms with Crippen LogP contribution in [0.1, 0.15) is 23.7 Å². The maximum Gasteiger partial charge on any atom is 0.123 e. The van der Waals surface area contributed by atoms with E-state index in [0.717, 1.165) is 44.1 Å². The molecule has 0 atom stereocenters. The van der Waals surface area contributed by atoms with Gasteiger partial charge >= 0.3 is 0 Å². The Kier molecular flexibility index (Phi) is 6.09. The minimum absolute atomic E-state index is 0.251. The first kappa shape index (κ1) is 22.0. The highest BCUT2D eigenvalue weighted by Gasteiger charge is 2.10. The highest BCUT2D eigenvalue weighted by atomic mass is 19.1. The van der Waals surface area contributed by atoms with Crippen LogP contribution in [0.25, 0.3) is 35.1 Å². The Bertz CT molecular complexity index is 1460. The van der Waals surface area contributed by atoms with Gasteiger partial charge in [-0.2, -0.15) is 10.2 Å². The van der Waals surface area contributed by atoms with E-state index in [4.69, 9.17) is 0 Å². The van der Waals surface area contributed by atoms with Crippen LogP contribution < -0.4 is 15.9 Å². The molecule has 4 aromatic rings. The highest BCUT2D eigenvalue weighted by molar-refractivity contribution is 5.80. The lowest BCUT2D eigenvalue weighted by molar-refractivity contribution is 0.628. The molecule has 2 N–H and O–H groups in total. The Hall–Kier alpha value is -4.19. The van der Waals surface area contributed by atoms with Crippen LogP contribution in [0.3, 0.4) is 0 Å². The van der Waals surface area contributed by atoms with Crippen molar-refractivity contribution in [3.8, 4) is 11.1 Å². The number of hydrogen-bond acceptors (Lipinski definition) is 3. The second kappa shape index (κ2) is 9.12. The van der Waals surface area contributed by atoms with Crippen LogP contribution in [0.15, 0.2) is 67.5 Å². The third kappa shape index (κ3) is 4.70. The molecule has 2 heterocycles. The van der Waals surface area contributed by atoms with Crippen molar-refractivity contribution in [3.63, 3.8) is 0 Å². The number of nitrogens with zero attached hydrogens (tertiary/aromatic N) is 3. The van der Waals surface area contributed by atoms with Crippen LogP contribution in [-0.2, 0) is 7.05 Å². The first-order valence-corrected chi connectivity index (χ1v) is 10.6. The van der Waals surface area contributed by atoms with Gasteiger partial charge in [-0.25, -0.2) is 4.39 Å². The van der Waals surface area contributed by atoms with Crippen molar-refractivity contribution in [2.24, 2.45) is 7.05 Å². The van der Waals surface area contributed by atoms with E-state index in [9.17, 15) is 4.39 Å². The first-order valence-electron chi connectivity index (χ1n) is 10.6. The van der Waals surface area contributed by atoms with Gasteiger partial charge in [-0.3, -0.25) is 9.78 Å². The number of aromatic amines is 1. The molecular formula is C27H26FN5. The molecule has 0 radical (unpaired) electrons. The fraction of sp³-hybridized carbons (Fsp3) is 0.111. The number of rotatable bonds is 6. The SMILES string of the molecule is C=C(Nc1cccc(-c2ccc(F)cc2)c1C)c1n[nH]/c(=C/C=C(\C)c2cnn(C)c2)c1=C. The third-order valence-electron chi connectivity index (χ3n) is 5.62. The Morgan fingerprint density at radius 1 is 1.18 bits per heavy atom. The molecule has 0 fully saturated rings. The summed E-state index contributed by atoms with van der Waals surface area (Å²) in [6.45, 7) is 12.4. The molecule has 5 nitrogen and oxygen atoms in total. The maximum absolute atomic E-state index is 13.3. The van der Waals surface area contributed by atoms with E-state index in [1.165, 1.54) is 12.1 Å². The second-order valence-electron chi connectivity index (χ2n) is 7.97. The molecule has 0 amide bonds. The van der Waals surface area contributed by atoms with Gasteiger partial charge in [-0.1, -0.05) is 43.5 Å². The van der Waals surface area contributed by atoms with E-state index in [-0.39, 0.29) is 5.82 Å². The van der Waals surface area contributed by atoms with E-state index in [0.29, 0.717) is 11.4 Å². The van der Waals surface area contributed by atoms with Gasteiger partial charge in [0.05, 0.1) is 17.2 Å². The van der Waals surface area contributed by atoms with E-state index in [2.05, 4.69) is 33.8 Å². The summed E-state index contributed by atoms with van der Waals surface area (Å²) in [5.74, 6) is -0.251. The fourth-order valence-corrected chi connectivity index (χ4v) is 3.63. The zero-order chi connectivity index (χ0) is 23.5. The molecule has 166 valence electrons. The molecule has 0 bridgehead atoms. The van der Waals surface area contributed by atoms with Crippen molar-refractivity contribution in [3.05, 3.63) is 101 Å². The molecule has 2 aromatic carbocycles. The fourth-order valence-electron chi connectivity index (χ4n) is 3.63. The van der Waals surface area contributed by atoms with Gasteiger partial charge in [0.25, 0.3) is 0 Å². The Labute approximate surface area is 192 Å². The molecule has 0 saturated carbocycles. The summed E-state index contributed by atoms with van der Waals surface area (Å²) in [7, 11) is 1.89. The van der Waals surface area contributed by atoms with Crippen molar-refractivity contribution in [2.45, 2.75) is 13.8 Å². The number of H-pyrrole nitrogens is 1. The number of halogens is 1. The van der Waals surface area contributed by atoms with Gasteiger partial charge in [-0.15, -0.1) is 0 Å². The molecule has 4 rings (SSSR count). The molecular weight excluding hydrogens is 413 g/mol. The Balaban J connectivity index is 1.58. The lowest BCUT2D eigenvalue weighted by Crippen LogP contribution is -2.23. The van der Waals surface area contributed by atoms with Gasteiger partial charge < -0.3 is 5.32 Å². The topological polar surface area (TPSA) is 58.5 Å². The van der Waals surface area contributed by atoms with Gasteiger partial charge in [0.1, 0.15) is 11.5 Å². The molecule has 2 aromatic heterocycles. The summed E-state index contributed by atoms with van der Waals surface area (Å²) in [4.78, 5) is 0. The number of benzene rings is 2. The normalized spacial score (nSPS) is 12.2. The van der Waals surface area contributed by atoms with E-state index in [1.807, 2.05) is 63.6 Å². The number of hydrogen-bond donors (Lipinski definition) is 2. The summed E-state index contributed by atoms with van der Waals surface area (Å²) in [5, 5.41) is 16.6. The number of anilines is 1. The zero-order valence-electron chi connectivity index (χ0n) is 19.0. The quantitative estimate of drug-likeness (QED) is 0.460. The molecule has 0 aliphatic heterocycles. The number of allylic oxidation sites excluding steroid dienone is 2. The monoisotopic (exact) mass is 439 g/mol. The minimum Gasteiger partial charge on any atom is -0.354 e. The van der Waals surface area contributed by atoms with Crippen LogP contribution in [0, 0.1) is 12.7 Å². The standard InChI is InChI=1S/C27H26FN5/c1-17(22-15-29-33(5)16-22)9-14-26-19(3)27(32-31-26)20(4)30-25-8-6-7-24(18(25)2)21-10-12-23(28)13-11-21/h6-16,30-31H,3-4H2,1-2,5H3/b17-9+,26-14+. The van der Waals surface area contributed by atoms with Crippen LogP contribution in [0.4, 0.5) is 10.1 Å². The predicted molar refractivity (Wildman–Crippen MR) is 134 cm³/mol. The largest absolute Gasteiger partial charge is 0.354 e. The van der Waals surface area contributed by atoms with Crippen molar-refractivity contribution >= 4 is 29.6 Å². The lowest BCUT2D eigenvalue weighted by Gasteiger charge is -2.14. The van der Waals surface area contributed by atoms with Gasteiger partial charge in [0.15, 0.2) is 0 Å². The van der Waals surface area contributed by atoms with Gasteiger partial charge in [0.2, 0.25) is 0 Å². The summed E-state index contributed by atoms with van der Waals surface area (Å²) < 4.78 is 15.1. The number of aromatic nitrogens is 4. The number of nitrogens with one attached hydrogen (secondary N) is 2. The van der Waals surface area contributed by atoms with Gasteiger partial charge in [0, 0.05) is 29.7 Å². The predicted octanol–water partition coefficient (Wildman–Crippen LogP) is 4.63. The Morgan fingerprint density at radius 2 is 1.94 bits per heavy atom. The van der Waals surface area contributed by atoms with Gasteiger partial charge in [-0.05, 0) is 60.4 Å². The third-order valence-corrected chi connectivity index (χ3v) is 5.62. The first-order chi connectivity index (χ1) is 15.8.